The second-order valence-corrected chi connectivity index (χ2v) is 9.23. The van der Waals surface area contributed by atoms with Gasteiger partial charge in [-0.2, -0.15) is 0 Å². The fraction of sp³-hybridized carbons (Fsp3) is 0.0400. The summed E-state index contributed by atoms with van der Waals surface area (Å²) in [6.45, 7) is 0.355. The predicted octanol–water partition coefficient (Wildman–Crippen LogP) is 6.94. The average Bonchev–Trinajstić information content (AvgIpc) is 3.47. The second-order valence-electron chi connectivity index (χ2n) is 6.99. The molecule has 0 aliphatic carbocycles. The molecule has 1 amide bonds. The monoisotopic (exact) mass is 584 g/mol. The molecule has 0 saturated heterocycles. The first kappa shape index (κ1) is 23.2. The van der Waals surface area contributed by atoms with Gasteiger partial charge < -0.3 is 14.2 Å². The SMILES string of the molecule is O=C(/C=C/c1ccc(-c2ccc(Br)cc2)o1)NC(=S)NCc1ccc(-c2ccc(Br)cc2)o1. The molecule has 0 fully saturated rings. The summed E-state index contributed by atoms with van der Waals surface area (Å²) in [5.74, 6) is 2.40. The highest BCUT2D eigenvalue weighted by molar-refractivity contribution is 9.10. The second kappa shape index (κ2) is 10.8. The highest BCUT2D eigenvalue weighted by Gasteiger charge is 2.07. The molecule has 0 radical (unpaired) electrons. The molecule has 2 aromatic heterocycles. The van der Waals surface area contributed by atoms with Crippen molar-refractivity contribution < 1.29 is 13.6 Å². The van der Waals surface area contributed by atoms with Crippen molar-refractivity contribution >= 4 is 61.2 Å². The molecule has 0 aliphatic rings. The van der Waals surface area contributed by atoms with E-state index < -0.39 is 0 Å². The Bertz CT molecular complexity index is 1290. The van der Waals surface area contributed by atoms with Gasteiger partial charge in [0, 0.05) is 26.1 Å². The van der Waals surface area contributed by atoms with Crippen LogP contribution in [0, 0.1) is 0 Å². The van der Waals surface area contributed by atoms with Gasteiger partial charge in [0.15, 0.2) is 5.11 Å². The summed E-state index contributed by atoms with van der Waals surface area (Å²) in [6, 6.07) is 23.1. The van der Waals surface area contributed by atoms with Crippen molar-refractivity contribution in [1.29, 1.82) is 0 Å². The van der Waals surface area contributed by atoms with Crippen LogP contribution in [0.5, 0.6) is 0 Å². The molecule has 2 aromatic carbocycles. The average molecular weight is 586 g/mol. The van der Waals surface area contributed by atoms with E-state index in [2.05, 4.69) is 42.5 Å². The molecule has 0 saturated carbocycles. The summed E-state index contributed by atoms with van der Waals surface area (Å²) in [7, 11) is 0. The number of rotatable bonds is 6. The van der Waals surface area contributed by atoms with Gasteiger partial charge in [-0.1, -0.05) is 56.1 Å². The third-order valence-electron chi connectivity index (χ3n) is 4.60. The summed E-state index contributed by atoms with van der Waals surface area (Å²) < 4.78 is 13.6. The van der Waals surface area contributed by atoms with Crippen molar-refractivity contribution in [2.24, 2.45) is 0 Å². The van der Waals surface area contributed by atoms with E-state index in [9.17, 15) is 4.79 Å². The maximum absolute atomic E-state index is 12.2. The molecule has 4 rings (SSSR count). The normalized spacial score (nSPS) is 11.0. The molecule has 33 heavy (non-hydrogen) atoms. The highest BCUT2D eigenvalue weighted by atomic mass is 79.9. The van der Waals surface area contributed by atoms with E-state index in [1.54, 1.807) is 12.1 Å². The highest BCUT2D eigenvalue weighted by Crippen LogP contribution is 2.25. The molecule has 0 bridgehead atoms. The van der Waals surface area contributed by atoms with E-state index >= 15 is 0 Å². The maximum Gasteiger partial charge on any atom is 0.250 e. The lowest BCUT2D eigenvalue weighted by molar-refractivity contribution is -0.115. The molecular formula is C25H18Br2N2O3S. The zero-order valence-corrected chi connectivity index (χ0v) is 21.2. The van der Waals surface area contributed by atoms with Gasteiger partial charge in [0.25, 0.3) is 0 Å². The van der Waals surface area contributed by atoms with Crippen LogP contribution >= 0.6 is 44.1 Å². The van der Waals surface area contributed by atoms with Crippen LogP contribution in [0.1, 0.15) is 11.5 Å². The van der Waals surface area contributed by atoms with Crippen molar-refractivity contribution in [3.8, 4) is 22.6 Å². The summed E-state index contributed by atoms with van der Waals surface area (Å²) in [6.07, 6.45) is 2.97. The first-order valence-corrected chi connectivity index (χ1v) is 11.9. The quantitative estimate of drug-likeness (QED) is 0.190. The Morgan fingerprint density at radius 2 is 1.39 bits per heavy atom. The lowest BCUT2D eigenvalue weighted by Gasteiger charge is -2.06. The van der Waals surface area contributed by atoms with Gasteiger partial charge in [-0.15, -0.1) is 0 Å². The Hall–Kier alpha value is -2.94. The van der Waals surface area contributed by atoms with Crippen LogP contribution in [-0.4, -0.2) is 11.0 Å². The van der Waals surface area contributed by atoms with E-state index in [0.29, 0.717) is 18.1 Å². The predicted molar refractivity (Wildman–Crippen MR) is 140 cm³/mol. The number of nitrogens with one attached hydrogen (secondary N) is 2. The fourth-order valence-corrected chi connectivity index (χ4v) is 3.68. The number of carbonyl (C=O) groups excluding carboxylic acids is 1. The van der Waals surface area contributed by atoms with Crippen LogP contribution in [0.25, 0.3) is 28.7 Å². The Labute approximate surface area is 213 Å². The minimum absolute atomic E-state index is 0.209. The zero-order valence-electron chi connectivity index (χ0n) is 17.2. The third kappa shape index (κ3) is 6.54. The van der Waals surface area contributed by atoms with Crippen molar-refractivity contribution in [1.82, 2.24) is 10.6 Å². The van der Waals surface area contributed by atoms with Crippen LogP contribution in [0.3, 0.4) is 0 Å². The van der Waals surface area contributed by atoms with Gasteiger partial charge in [-0.05, 0) is 66.8 Å². The number of carbonyl (C=O) groups is 1. The molecular weight excluding hydrogens is 568 g/mol. The number of halogens is 2. The Balaban J connectivity index is 1.26. The van der Waals surface area contributed by atoms with Crippen molar-refractivity contribution in [2.45, 2.75) is 6.54 Å². The Kier molecular flexibility index (Phi) is 7.59. The molecule has 8 heteroatoms. The molecule has 0 spiro atoms. The first-order valence-electron chi connectivity index (χ1n) is 9.93. The van der Waals surface area contributed by atoms with Gasteiger partial charge >= 0.3 is 0 Å². The van der Waals surface area contributed by atoms with E-state index in [1.165, 1.54) is 6.08 Å². The first-order chi connectivity index (χ1) is 16.0. The number of furan rings is 2. The van der Waals surface area contributed by atoms with Crippen LogP contribution < -0.4 is 10.6 Å². The van der Waals surface area contributed by atoms with Gasteiger partial charge in [0.2, 0.25) is 5.91 Å². The van der Waals surface area contributed by atoms with Gasteiger partial charge in [-0.3, -0.25) is 10.1 Å². The molecule has 0 atom stereocenters. The number of hydrogen-bond acceptors (Lipinski definition) is 4. The lowest BCUT2D eigenvalue weighted by Crippen LogP contribution is -2.37. The topological polar surface area (TPSA) is 67.4 Å². The van der Waals surface area contributed by atoms with Crippen LogP contribution in [-0.2, 0) is 11.3 Å². The fourth-order valence-electron chi connectivity index (χ4n) is 2.98. The summed E-state index contributed by atoms with van der Waals surface area (Å²) in [4.78, 5) is 12.2. The van der Waals surface area contributed by atoms with Crippen molar-refractivity contribution in [2.75, 3.05) is 0 Å². The number of thiocarbonyl (C=S) groups is 1. The largest absolute Gasteiger partial charge is 0.459 e. The smallest absolute Gasteiger partial charge is 0.250 e. The minimum Gasteiger partial charge on any atom is -0.459 e. The van der Waals surface area contributed by atoms with E-state index in [0.717, 1.165) is 31.6 Å². The Morgan fingerprint density at radius 1 is 0.818 bits per heavy atom. The molecule has 4 aromatic rings. The lowest BCUT2D eigenvalue weighted by atomic mass is 10.2. The summed E-state index contributed by atoms with van der Waals surface area (Å²) in [5.41, 5.74) is 1.93. The van der Waals surface area contributed by atoms with Gasteiger partial charge in [0.1, 0.15) is 23.0 Å². The minimum atomic E-state index is -0.357. The van der Waals surface area contributed by atoms with Crippen molar-refractivity contribution in [3.05, 3.63) is 99.3 Å². The summed E-state index contributed by atoms with van der Waals surface area (Å²) >= 11 is 12.0. The number of hydrogen-bond donors (Lipinski definition) is 2. The molecule has 2 heterocycles. The van der Waals surface area contributed by atoms with E-state index in [-0.39, 0.29) is 11.0 Å². The number of amides is 1. The molecule has 0 aliphatic heterocycles. The zero-order chi connectivity index (χ0) is 23.2. The van der Waals surface area contributed by atoms with Gasteiger partial charge in [0.05, 0.1) is 6.54 Å². The standard InChI is InChI=1S/C25H18Br2N2O3S/c26-18-5-1-16(2-6-18)22-12-9-20(31-22)11-14-24(30)29-25(33)28-15-21-10-13-23(32-21)17-3-7-19(27)8-4-17/h1-14H,15H2,(H2,28,29,30,33)/b14-11+. The molecule has 5 nitrogen and oxygen atoms in total. The Morgan fingerprint density at radius 3 is 2.03 bits per heavy atom. The molecule has 166 valence electrons. The molecule has 2 N–H and O–H groups in total. The molecule has 0 unspecified atom stereocenters. The maximum atomic E-state index is 12.2. The third-order valence-corrected chi connectivity index (χ3v) is 5.91. The van der Waals surface area contributed by atoms with Crippen molar-refractivity contribution in [3.63, 3.8) is 0 Å². The van der Waals surface area contributed by atoms with E-state index in [1.807, 2.05) is 66.7 Å². The van der Waals surface area contributed by atoms with Gasteiger partial charge in [-0.25, -0.2) is 0 Å². The van der Waals surface area contributed by atoms with Crippen LogP contribution in [0.2, 0.25) is 0 Å². The van der Waals surface area contributed by atoms with E-state index in [4.69, 9.17) is 21.1 Å². The number of benzene rings is 2. The van der Waals surface area contributed by atoms with Crippen LogP contribution in [0.4, 0.5) is 0 Å². The van der Waals surface area contributed by atoms with Crippen LogP contribution in [0.15, 0.2) is 96.7 Å². The summed E-state index contributed by atoms with van der Waals surface area (Å²) in [5, 5.41) is 5.79.